The Morgan fingerprint density at radius 3 is 1.76 bits per heavy atom. The molecule has 34 heavy (non-hydrogen) atoms. The molecule has 1 fully saturated rings. The lowest BCUT2D eigenvalue weighted by Gasteiger charge is -2.44. The Balaban J connectivity index is 2.43. The van der Waals surface area contributed by atoms with Crippen LogP contribution in [0, 0.1) is 0 Å². The summed E-state index contributed by atoms with van der Waals surface area (Å²) >= 11 is 1.25. The van der Waals surface area contributed by atoms with Crippen LogP contribution in [0.3, 0.4) is 0 Å². The molecule has 1 aromatic rings. The van der Waals surface area contributed by atoms with Gasteiger partial charge in [-0.2, -0.15) is 0 Å². The largest absolute Gasteiger partial charge is 0.463 e. The van der Waals surface area contributed by atoms with Gasteiger partial charge >= 0.3 is 23.9 Å². The van der Waals surface area contributed by atoms with Gasteiger partial charge in [-0.3, -0.25) is 19.2 Å². The molecule has 9 nitrogen and oxygen atoms in total. The van der Waals surface area contributed by atoms with Crippen molar-refractivity contribution >= 4 is 35.6 Å². The maximum absolute atomic E-state index is 11.9. The van der Waals surface area contributed by atoms with Crippen molar-refractivity contribution in [1.82, 2.24) is 0 Å². The third-order valence-electron chi connectivity index (χ3n) is 4.92. The highest BCUT2D eigenvalue weighted by Crippen LogP contribution is 2.38. The smallest absolute Gasteiger partial charge is 0.303 e. The van der Waals surface area contributed by atoms with Crippen LogP contribution in [0.2, 0.25) is 0 Å². The Hall–Kier alpha value is -2.59. The zero-order chi connectivity index (χ0) is 25.6. The fourth-order valence-electron chi connectivity index (χ4n) is 3.45. The fraction of sp³-hybridized carbons (Fsp3) is 0.583. The summed E-state index contributed by atoms with van der Waals surface area (Å²) in [5.41, 5.74) is 0.261. The molecule has 0 spiro atoms. The summed E-state index contributed by atoms with van der Waals surface area (Å²) < 4.78 is 27.6. The van der Waals surface area contributed by atoms with E-state index in [2.05, 4.69) is 20.8 Å². The van der Waals surface area contributed by atoms with Crippen molar-refractivity contribution < 1.29 is 42.9 Å². The highest BCUT2D eigenvalue weighted by molar-refractivity contribution is 7.99. The van der Waals surface area contributed by atoms with Gasteiger partial charge in [0, 0.05) is 32.6 Å². The second-order valence-corrected chi connectivity index (χ2v) is 10.1. The average Bonchev–Trinajstić information content (AvgIpc) is 2.69. The molecule has 0 aromatic heterocycles. The summed E-state index contributed by atoms with van der Waals surface area (Å²) in [5, 5.41) is 0. The molecule has 1 aliphatic heterocycles. The number of carbonyl (C=O) groups excluding carboxylic acids is 4. The Morgan fingerprint density at radius 2 is 1.29 bits per heavy atom. The monoisotopic (exact) mass is 496 g/mol. The van der Waals surface area contributed by atoms with E-state index < -0.39 is 53.7 Å². The zero-order valence-corrected chi connectivity index (χ0v) is 21.3. The van der Waals surface area contributed by atoms with Crippen LogP contribution in [0.1, 0.15) is 54.0 Å². The molecule has 0 bridgehead atoms. The summed E-state index contributed by atoms with van der Waals surface area (Å²) in [5.74, 6) is -2.51. The van der Waals surface area contributed by atoms with E-state index >= 15 is 0 Å². The SMILES string of the molecule is CC(=O)OC[C@H]1O[C@@H](Sc2ccc(C(C)(C)C)cc2)[C@H](OC(C)=O)[C@@H](OC(C)=O)[C@H]1OC(C)=O. The molecule has 2 rings (SSSR count). The first-order valence-electron chi connectivity index (χ1n) is 10.9. The minimum atomic E-state index is -1.18. The van der Waals surface area contributed by atoms with Gasteiger partial charge in [-0.05, 0) is 23.1 Å². The van der Waals surface area contributed by atoms with Gasteiger partial charge in [-0.1, -0.05) is 44.7 Å². The predicted octanol–water partition coefficient (Wildman–Crippen LogP) is 3.16. The number of hydrogen-bond acceptors (Lipinski definition) is 10. The van der Waals surface area contributed by atoms with Crippen molar-refractivity contribution in [3.8, 4) is 0 Å². The van der Waals surface area contributed by atoms with Gasteiger partial charge in [0.2, 0.25) is 0 Å². The molecule has 5 atom stereocenters. The molecule has 1 aliphatic rings. The van der Waals surface area contributed by atoms with Crippen molar-refractivity contribution in [2.45, 2.75) is 88.6 Å². The van der Waals surface area contributed by atoms with Crippen LogP contribution >= 0.6 is 11.8 Å². The van der Waals surface area contributed by atoms with Gasteiger partial charge in [0.25, 0.3) is 0 Å². The van der Waals surface area contributed by atoms with Gasteiger partial charge in [-0.15, -0.1) is 0 Å². The lowest BCUT2D eigenvalue weighted by molar-refractivity contribution is -0.237. The molecule has 1 saturated heterocycles. The van der Waals surface area contributed by atoms with Crippen molar-refractivity contribution in [3.05, 3.63) is 29.8 Å². The number of rotatable bonds is 7. The second kappa shape index (κ2) is 11.7. The van der Waals surface area contributed by atoms with Crippen molar-refractivity contribution in [2.24, 2.45) is 0 Å². The van der Waals surface area contributed by atoms with Crippen LogP contribution < -0.4 is 0 Å². The summed E-state index contributed by atoms with van der Waals surface area (Å²) in [7, 11) is 0. The van der Waals surface area contributed by atoms with Gasteiger partial charge in [-0.25, -0.2) is 0 Å². The number of benzene rings is 1. The number of ether oxygens (including phenoxy) is 5. The predicted molar refractivity (Wildman–Crippen MR) is 123 cm³/mol. The highest BCUT2D eigenvalue weighted by atomic mass is 32.2. The molecular weight excluding hydrogens is 464 g/mol. The number of esters is 4. The van der Waals surface area contributed by atoms with E-state index in [4.69, 9.17) is 23.7 Å². The standard InChI is InChI=1S/C24H32O9S/c1-13(25)29-12-19-20(30-14(2)26)21(31-15(3)27)22(32-16(4)28)23(33-19)34-18-10-8-17(9-11-18)24(5,6)7/h8-11,19-23H,12H2,1-7H3/t19-,20+,21+,22-,23+/m1/s1. The third-order valence-corrected chi connectivity index (χ3v) is 6.08. The number of hydrogen-bond donors (Lipinski definition) is 0. The lowest BCUT2D eigenvalue weighted by atomic mass is 9.87. The molecule has 0 N–H and O–H groups in total. The molecule has 188 valence electrons. The minimum Gasteiger partial charge on any atom is -0.463 e. The molecule has 0 amide bonds. The molecule has 0 saturated carbocycles. The van der Waals surface area contributed by atoms with E-state index in [0.29, 0.717) is 0 Å². The first-order valence-corrected chi connectivity index (χ1v) is 11.7. The Kier molecular flexibility index (Phi) is 9.52. The summed E-state index contributed by atoms with van der Waals surface area (Å²) in [6, 6.07) is 7.82. The van der Waals surface area contributed by atoms with Crippen LogP contribution in [0.4, 0.5) is 0 Å². The van der Waals surface area contributed by atoms with Gasteiger partial charge in [0.1, 0.15) is 18.1 Å². The summed E-state index contributed by atoms with van der Waals surface area (Å²) in [4.78, 5) is 47.9. The first kappa shape index (κ1) is 27.7. The van der Waals surface area contributed by atoms with E-state index in [9.17, 15) is 19.2 Å². The summed E-state index contributed by atoms with van der Waals surface area (Å²) in [6.45, 7) is 10.9. The number of carbonyl (C=O) groups is 4. The second-order valence-electron chi connectivity index (χ2n) is 8.96. The lowest BCUT2D eigenvalue weighted by Crippen LogP contribution is -2.61. The van der Waals surface area contributed by atoms with E-state index in [1.807, 2.05) is 24.3 Å². The van der Waals surface area contributed by atoms with Gasteiger partial charge in [0.05, 0.1) is 0 Å². The Labute approximate surface area is 203 Å². The molecule has 1 heterocycles. The van der Waals surface area contributed by atoms with Crippen molar-refractivity contribution in [3.63, 3.8) is 0 Å². The minimum absolute atomic E-state index is 0.0301. The van der Waals surface area contributed by atoms with Crippen molar-refractivity contribution in [1.29, 1.82) is 0 Å². The number of thioether (sulfide) groups is 1. The normalized spacial score (nSPS) is 24.6. The molecular formula is C24H32O9S. The van der Waals surface area contributed by atoms with Crippen LogP contribution in [-0.2, 0) is 48.3 Å². The van der Waals surface area contributed by atoms with Gasteiger partial charge in [0.15, 0.2) is 18.3 Å². The Bertz CT molecular complexity index is 891. The van der Waals surface area contributed by atoms with Gasteiger partial charge < -0.3 is 23.7 Å². The molecule has 1 aromatic carbocycles. The van der Waals surface area contributed by atoms with E-state index in [1.165, 1.54) is 39.5 Å². The van der Waals surface area contributed by atoms with Crippen LogP contribution in [0.25, 0.3) is 0 Å². The quantitative estimate of drug-likeness (QED) is 0.412. The average molecular weight is 497 g/mol. The Morgan fingerprint density at radius 1 is 0.794 bits per heavy atom. The van der Waals surface area contributed by atoms with Crippen molar-refractivity contribution in [2.75, 3.05) is 6.61 Å². The molecule has 0 aliphatic carbocycles. The molecule has 0 radical (unpaired) electrons. The van der Waals surface area contributed by atoms with E-state index in [1.54, 1.807) is 0 Å². The zero-order valence-electron chi connectivity index (χ0n) is 20.5. The maximum atomic E-state index is 11.9. The molecule has 10 heteroatoms. The first-order chi connectivity index (χ1) is 15.8. The van der Waals surface area contributed by atoms with Crippen LogP contribution in [0.15, 0.2) is 29.2 Å². The van der Waals surface area contributed by atoms with E-state index in [0.717, 1.165) is 10.5 Å². The third kappa shape index (κ3) is 8.02. The summed E-state index contributed by atoms with van der Waals surface area (Å²) in [6.07, 6.45) is -4.39. The van der Waals surface area contributed by atoms with E-state index in [-0.39, 0.29) is 12.0 Å². The fourth-order valence-corrected chi connectivity index (χ4v) is 4.56. The van der Waals surface area contributed by atoms with Crippen LogP contribution in [-0.4, -0.2) is 60.3 Å². The maximum Gasteiger partial charge on any atom is 0.303 e. The van der Waals surface area contributed by atoms with Crippen LogP contribution in [0.5, 0.6) is 0 Å². The topological polar surface area (TPSA) is 114 Å². The highest BCUT2D eigenvalue weighted by Gasteiger charge is 2.52. The molecule has 0 unspecified atom stereocenters.